The monoisotopic (exact) mass is 453 g/mol. The molecule has 0 bridgehead atoms. The summed E-state index contributed by atoms with van der Waals surface area (Å²) in [7, 11) is 0. The fraction of sp³-hybridized carbons (Fsp3) is 0.520. The summed E-state index contributed by atoms with van der Waals surface area (Å²) in [6.45, 7) is 11.5. The summed E-state index contributed by atoms with van der Waals surface area (Å²) in [6, 6.07) is 7.87. The third-order valence-electron chi connectivity index (χ3n) is 6.05. The summed E-state index contributed by atoms with van der Waals surface area (Å²) in [4.78, 5) is 45.4. The lowest BCUT2D eigenvalue weighted by Gasteiger charge is -2.43. The molecule has 8 heteroatoms. The fourth-order valence-corrected chi connectivity index (χ4v) is 4.18. The summed E-state index contributed by atoms with van der Waals surface area (Å²) in [6.07, 6.45) is 3.05. The Morgan fingerprint density at radius 3 is 2.67 bits per heavy atom. The molecule has 178 valence electrons. The molecular weight excluding hydrogens is 418 g/mol. The molecule has 33 heavy (non-hydrogen) atoms. The number of benzene rings is 1. The number of rotatable bonds is 9. The van der Waals surface area contributed by atoms with E-state index in [-0.39, 0.29) is 29.7 Å². The van der Waals surface area contributed by atoms with Gasteiger partial charge >= 0.3 is 0 Å². The van der Waals surface area contributed by atoms with Crippen LogP contribution in [0.5, 0.6) is 0 Å². The average Bonchev–Trinajstić information content (AvgIpc) is 3.18. The van der Waals surface area contributed by atoms with Gasteiger partial charge in [0.1, 0.15) is 11.2 Å². The highest BCUT2D eigenvalue weighted by Crippen LogP contribution is 2.29. The van der Waals surface area contributed by atoms with E-state index < -0.39 is 11.4 Å². The van der Waals surface area contributed by atoms with Gasteiger partial charge in [-0.2, -0.15) is 0 Å². The number of nitrogens with zero attached hydrogens (tertiary/aromatic N) is 3. The zero-order chi connectivity index (χ0) is 24.2. The topological polar surface area (TPSA) is 96.3 Å². The first-order chi connectivity index (χ1) is 15.7. The number of hydrogen-bond donors (Lipinski definition) is 2. The second-order valence-corrected chi connectivity index (χ2v) is 9.41. The number of fused-ring (bicyclic) bond motifs is 1. The molecular formula is C25H35N5O3. The Bertz CT molecular complexity index is 1030. The summed E-state index contributed by atoms with van der Waals surface area (Å²) >= 11 is 0. The van der Waals surface area contributed by atoms with E-state index in [1.165, 1.54) is 6.33 Å². The molecule has 0 spiro atoms. The molecule has 1 atom stereocenters. The third kappa shape index (κ3) is 5.26. The maximum atomic E-state index is 13.5. The maximum absolute atomic E-state index is 13.5. The van der Waals surface area contributed by atoms with Gasteiger partial charge < -0.3 is 20.1 Å². The first kappa shape index (κ1) is 24.5. The molecule has 8 nitrogen and oxygen atoms in total. The summed E-state index contributed by atoms with van der Waals surface area (Å²) < 4.78 is 1.64. The number of aryl methyl sites for hydroxylation is 1. The van der Waals surface area contributed by atoms with Crippen molar-refractivity contribution in [1.82, 2.24) is 25.1 Å². The molecule has 0 radical (unpaired) electrons. The van der Waals surface area contributed by atoms with Crippen LogP contribution in [0.3, 0.4) is 0 Å². The molecule has 0 fully saturated rings. The molecule has 0 saturated carbocycles. The average molecular weight is 454 g/mol. The van der Waals surface area contributed by atoms with Gasteiger partial charge in [-0.3, -0.25) is 14.4 Å². The van der Waals surface area contributed by atoms with Crippen LogP contribution < -0.4 is 10.6 Å². The van der Waals surface area contributed by atoms with E-state index in [2.05, 4.69) is 29.5 Å². The second kappa shape index (κ2) is 10.2. The van der Waals surface area contributed by atoms with Gasteiger partial charge in [0.05, 0.1) is 12.9 Å². The van der Waals surface area contributed by atoms with Crippen molar-refractivity contribution < 1.29 is 14.4 Å². The second-order valence-electron chi connectivity index (χ2n) is 9.41. The van der Waals surface area contributed by atoms with Crippen molar-refractivity contribution in [3.05, 3.63) is 53.1 Å². The zero-order valence-corrected chi connectivity index (χ0v) is 20.3. The molecule has 2 heterocycles. The van der Waals surface area contributed by atoms with Gasteiger partial charge in [-0.25, -0.2) is 4.98 Å². The first-order valence-corrected chi connectivity index (χ1v) is 11.7. The van der Waals surface area contributed by atoms with E-state index >= 15 is 0 Å². The lowest BCUT2D eigenvalue weighted by molar-refractivity contribution is -0.132. The van der Waals surface area contributed by atoms with Gasteiger partial charge in [-0.15, -0.1) is 0 Å². The van der Waals surface area contributed by atoms with Crippen molar-refractivity contribution in [2.45, 2.75) is 66.1 Å². The number of nitrogens with one attached hydrogen (secondary N) is 2. The SMILES string of the molecule is CCCN1C(=O)c2c(C(=O)NCc3cccc(C)c3)ncn2C[C@]1(C)C(=O)NCCC(C)C. The summed E-state index contributed by atoms with van der Waals surface area (Å²) in [5.41, 5.74) is 1.36. The largest absolute Gasteiger partial charge is 0.354 e. The smallest absolute Gasteiger partial charge is 0.273 e. The van der Waals surface area contributed by atoms with E-state index in [0.29, 0.717) is 32.0 Å². The van der Waals surface area contributed by atoms with E-state index in [1.54, 1.807) is 16.4 Å². The number of hydrogen-bond acceptors (Lipinski definition) is 4. The fourth-order valence-electron chi connectivity index (χ4n) is 4.18. The standard InChI is InChI=1S/C25H35N5O3/c1-6-12-30-23(32)21-20(22(31)27-14-19-9-7-8-18(4)13-19)28-16-29(21)15-25(30,5)24(33)26-11-10-17(2)3/h7-9,13,16-17H,6,10-12,14-15H2,1-5H3,(H,26,33)(H,27,31)/t25-/m1/s1. The van der Waals surface area contributed by atoms with Gasteiger partial charge in [0.15, 0.2) is 5.69 Å². The number of imidazole rings is 1. The zero-order valence-electron chi connectivity index (χ0n) is 20.3. The normalized spacial score (nSPS) is 17.8. The van der Waals surface area contributed by atoms with Crippen molar-refractivity contribution in [2.24, 2.45) is 5.92 Å². The highest BCUT2D eigenvalue weighted by Gasteiger charge is 2.48. The Hall–Kier alpha value is -3.16. The molecule has 1 aliphatic rings. The molecule has 0 saturated heterocycles. The van der Waals surface area contributed by atoms with Gasteiger partial charge in [-0.05, 0) is 38.2 Å². The molecule has 1 aromatic heterocycles. The minimum Gasteiger partial charge on any atom is -0.354 e. The van der Waals surface area contributed by atoms with Gasteiger partial charge in [0.25, 0.3) is 11.8 Å². The molecule has 3 amide bonds. The van der Waals surface area contributed by atoms with Crippen molar-refractivity contribution in [3.63, 3.8) is 0 Å². The molecule has 0 unspecified atom stereocenters. The van der Waals surface area contributed by atoms with E-state index in [0.717, 1.165) is 17.5 Å². The Kier molecular flexibility index (Phi) is 7.56. The van der Waals surface area contributed by atoms with Crippen molar-refractivity contribution in [3.8, 4) is 0 Å². The predicted molar refractivity (Wildman–Crippen MR) is 127 cm³/mol. The molecule has 1 aliphatic heterocycles. The van der Waals surface area contributed by atoms with E-state index in [9.17, 15) is 14.4 Å². The highest BCUT2D eigenvalue weighted by atomic mass is 16.2. The van der Waals surface area contributed by atoms with Crippen LogP contribution in [-0.2, 0) is 17.9 Å². The van der Waals surface area contributed by atoms with Crippen molar-refractivity contribution >= 4 is 17.7 Å². The Morgan fingerprint density at radius 2 is 2.00 bits per heavy atom. The number of aromatic nitrogens is 2. The number of carbonyl (C=O) groups is 3. The van der Waals surface area contributed by atoms with Gasteiger partial charge in [0, 0.05) is 19.6 Å². The molecule has 0 aliphatic carbocycles. The van der Waals surface area contributed by atoms with Gasteiger partial charge in [-0.1, -0.05) is 50.6 Å². The maximum Gasteiger partial charge on any atom is 0.273 e. The quantitative estimate of drug-likeness (QED) is 0.610. The highest BCUT2D eigenvalue weighted by molar-refractivity contribution is 6.07. The van der Waals surface area contributed by atoms with Crippen LogP contribution in [0.25, 0.3) is 0 Å². The van der Waals surface area contributed by atoms with Crippen LogP contribution in [-0.4, -0.2) is 50.8 Å². The molecule has 2 N–H and O–H groups in total. The van der Waals surface area contributed by atoms with E-state index in [1.807, 2.05) is 38.1 Å². The van der Waals surface area contributed by atoms with Crippen LogP contribution in [0.15, 0.2) is 30.6 Å². The molecule has 1 aromatic carbocycles. The Labute approximate surface area is 195 Å². The minimum atomic E-state index is -1.05. The van der Waals surface area contributed by atoms with Crippen LogP contribution in [0.4, 0.5) is 0 Å². The van der Waals surface area contributed by atoms with E-state index in [4.69, 9.17) is 0 Å². The van der Waals surface area contributed by atoms with Crippen LogP contribution >= 0.6 is 0 Å². The lowest BCUT2D eigenvalue weighted by atomic mass is 9.93. The molecule has 2 aromatic rings. The summed E-state index contributed by atoms with van der Waals surface area (Å²) in [5, 5.41) is 5.85. The third-order valence-corrected chi connectivity index (χ3v) is 6.05. The Balaban J connectivity index is 1.82. The predicted octanol–water partition coefficient (Wildman–Crippen LogP) is 2.91. The molecule has 3 rings (SSSR count). The number of carbonyl (C=O) groups excluding carboxylic acids is 3. The lowest BCUT2D eigenvalue weighted by Crippen LogP contribution is -2.64. The summed E-state index contributed by atoms with van der Waals surface area (Å²) in [5.74, 6) is -0.462. The van der Waals surface area contributed by atoms with Crippen LogP contribution in [0.1, 0.15) is 72.6 Å². The minimum absolute atomic E-state index is 0.0935. The van der Waals surface area contributed by atoms with Crippen molar-refractivity contribution in [2.75, 3.05) is 13.1 Å². The number of amides is 3. The van der Waals surface area contributed by atoms with Crippen LogP contribution in [0.2, 0.25) is 0 Å². The van der Waals surface area contributed by atoms with Crippen LogP contribution in [0, 0.1) is 12.8 Å². The first-order valence-electron chi connectivity index (χ1n) is 11.7. The van der Waals surface area contributed by atoms with Crippen molar-refractivity contribution in [1.29, 1.82) is 0 Å². The van der Waals surface area contributed by atoms with Gasteiger partial charge in [0.2, 0.25) is 5.91 Å². The Morgan fingerprint density at radius 1 is 1.24 bits per heavy atom.